The minimum Gasteiger partial charge on any atom is -0.497 e. The van der Waals surface area contributed by atoms with E-state index in [-0.39, 0.29) is 0 Å². The lowest BCUT2D eigenvalue weighted by molar-refractivity contribution is 0.0916. The molecule has 2 aromatic rings. The molecule has 0 N–H and O–H groups in total. The molecule has 32 heavy (non-hydrogen) atoms. The zero-order chi connectivity index (χ0) is 22.2. The largest absolute Gasteiger partial charge is 0.497 e. The number of benzene rings is 2. The number of ether oxygens (including phenoxy) is 2. The first-order valence-electron chi connectivity index (χ1n) is 12.1. The van der Waals surface area contributed by atoms with E-state index in [0.29, 0.717) is 6.04 Å². The molecule has 0 bridgehead atoms. The Hall–Kier alpha value is -2.14. The van der Waals surface area contributed by atoms with E-state index in [2.05, 4.69) is 58.4 Å². The van der Waals surface area contributed by atoms with Crippen LogP contribution in [0.3, 0.4) is 0 Å². The van der Waals surface area contributed by atoms with Crippen molar-refractivity contribution in [3.05, 3.63) is 71.3 Å². The topological polar surface area (TPSA) is 24.9 Å². The Kier molecular flexibility index (Phi) is 8.38. The van der Waals surface area contributed by atoms with Gasteiger partial charge in [-0.3, -0.25) is 9.80 Å². The monoisotopic (exact) mass is 434 g/mol. The fraction of sp³-hybridized carbons (Fsp3) is 0.500. The van der Waals surface area contributed by atoms with Crippen LogP contribution in [-0.2, 0) is 17.6 Å². The van der Waals surface area contributed by atoms with Gasteiger partial charge in [0.2, 0.25) is 0 Å². The van der Waals surface area contributed by atoms with E-state index in [0.717, 1.165) is 37.9 Å². The zero-order valence-electron chi connectivity index (χ0n) is 19.7. The van der Waals surface area contributed by atoms with Crippen LogP contribution in [0.5, 0.6) is 5.75 Å². The molecule has 1 heterocycles. The molecule has 1 unspecified atom stereocenters. The van der Waals surface area contributed by atoms with Crippen LogP contribution >= 0.6 is 0 Å². The summed E-state index contributed by atoms with van der Waals surface area (Å²) in [7, 11) is 3.50. The van der Waals surface area contributed by atoms with Gasteiger partial charge in [0.1, 0.15) is 5.75 Å². The number of nitrogens with zero attached hydrogens (tertiary/aromatic N) is 2. The molecule has 1 saturated heterocycles. The van der Waals surface area contributed by atoms with Gasteiger partial charge in [-0.25, -0.2) is 0 Å². The highest BCUT2D eigenvalue weighted by molar-refractivity contribution is 5.50. The first kappa shape index (κ1) is 23.0. The number of hydrogen-bond donors (Lipinski definition) is 0. The van der Waals surface area contributed by atoms with Gasteiger partial charge in [0.05, 0.1) is 13.7 Å². The van der Waals surface area contributed by atoms with Crippen molar-refractivity contribution in [1.29, 1.82) is 0 Å². The van der Waals surface area contributed by atoms with Gasteiger partial charge < -0.3 is 9.47 Å². The maximum absolute atomic E-state index is 5.40. The van der Waals surface area contributed by atoms with Crippen LogP contribution in [-0.4, -0.2) is 69.4 Å². The van der Waals surface area contributed by atoms with Gasteiger partial charge >= 0.3 is 0 Å². The summed E-state index contributed by atoms with van der Waals surface area (Å²) in [6.45, 7) is 6.35. The fourth-order valence-corrected chi connectivity index (χ4v) is 5.27. The highest BCUT2D eigenvalue weighted by Gasteiger charge is 2.30. The van der Waals surface area contributed by atoms with Crippen molar-refractivity contribution in [2.75, 3.05) is 53.6 Å². The third-order valence-electron chi connectivity index (χ3n) is 7.01. The second-order valence-corrected chi connectivity index (χ2v) is 9.26. The van der Waals surface area contributed by atoms with Crippen molar-refractivity contribution in [1.82, 2.24) is 9.80 Å². The van der Waals surface area contributed by atoms with Crippen molar-refractivity contribution < 1.29 is 9.47 Å². The summed E-state index contributed by atoms with van der Waals surface area (Å²) in [5.41, 5.74) is 4.33. The van der Waals surface area contributed by atoms with Crippen molar-refractivity contribution in [2.45, 2.75) is 31.7 Å². The fourth-order valence-electron chi connectivity index (χ4n) is 5.27. The highest BCUT2D eigenvalue weighted by Crippen LogP contribution is 2.29. The minimum absolute atomic E-state index is 0.692. The van der Waals surface area contributed by atoms with Crippen molar-refractivity contribution in [3.8, 4) is 5.75 Å². The van der Waals surface area contributed by atoms with E-state index in [1.54, 1.807) is 25.3 Å². The normalized spacial score (nSPS) is 19.7. The number of piperidine rings is 1. The van der Waals surface area contributed by atoms with Crippen molar-refractivity contribution in [3.63, 3.8) is 0 Å². The average molecular weight is 435 g/mol. The Balaban J connectivity index is 1.31. The Labute approximate surface area is 193 Å². The SMILES string of the molecule is COCCN(C/C=C/c1ccc(OC)cc1)CC1CCCN(C2Cc3ccccc3C2)C1. The van der Waals surface area contributed by atoms with E-state index >= 15 is 0 Å². The van der Waals surface area contributed by atoms with E-state index in [4.69, 9.17) is 9.47 Å². The predicted octanol–water partition coefficient (Wildman–Crippen LogP) is 4.54. The summed E-state index contributed by atoms with van der Waals surface area (Å²) in [6.07, 6.45) is 9.59. The summed E-state index contributed by atoms with van der Waals surface area (Å²) in [6, 6.07) is 17.9. The van der Waals surface area contributed by atoms with Crippen LogP contribution in [0.4, 0.5) is 0 Å². The van der Waals surface area contributed by atoms with Gasteiger partial charge in [-0.15, -0.1) is 0 Å². The third-order valence-corrected chi connectivity index (χ3v) is 7.01. The van der Waals surface area contributed by atoms with Gasteiger partial charge in [-0.1, -0.05) is 48.6 Å². The van der Waals surface area contributed by atoms with E-state index in [1.165, 1.54) is 44.3 Å². The Morgan fingerprint density at radius 2 is 1.78 bits per heavy atom. The lowest BCUT2D eigenvalue weighted by atomic mass is 9.95. The Bertz CT molecular complexity index is 839. The van der Waals surface area contributed by atoms with Crippen LogP contribution in [0.2, 0.25) is 0 Å². The molecule has 0 saturated carbocycles. The number of rotatable bonds is 10. The summed E-state index contributed by atoms with van der Waals surface area (Å²) in [5.74, 6) is 1.63. The van der Waals surface area contributed by atoms with Crippen LogP contribution in [0.1, 0.15) is 29.5 Å². The summed E-state index contributed by atoms with van der Waals surface area (Å²) in [4.78, 5) is 5.33. The van der Waals surface area contributed by atoms with Gasteiger partial charge in [-0.2, -0.15) is 0 Å². The van der Waals surface area contributed by atoms with Gasteiger partial charge in [0.25, 0.3) is 0 Å². The average Bonchev–Trinajstić information content (AvgIpc) is 3.27. The smallest absolute Gasteiger partial charge is 0.118 e. The zero-order valence-corrected chi connectivity index (χ0v) is 19.7. The van der Waals surface area contributed by atoms with E-state index in [1.807, 2.05) is 12.1 Å². The lowest BCUT2D eigenvalue weighted by Crippen LogP contribution is -2.46. The molecule has 0 spiro atoms. The van der Waals surface area contributed by atoms with Crippen LogP contribution < -0.4 is 4.74 Å². The molecule has 2 aliphatic rings. The summed E-state index contributed by atoms with van der Waals surface area (Å²) >= 11 is 0. The van der Waals surface area contributed by atoms with Crippen molar-refractivity contribution in [2.24, 2.45) is 5.92 Å². The maximum atomic E-state index is 5.40. The van der Waals surface area contributed by atoms with Crippen LogP contribution in [0, 0.1) is 5.92 Å². The van der Waals surface area contributed by atoms with Crippen LogP contribution in [0.15, 0.2) is 54.6 Å². The molecular weight excluding hydrogens is 396 g/mol. The van der Waals surface area contributed by atoms with Crippen LogP contribution in [0.25, 0.3) is 6.08 Å². The molecule has 4 rings (SSSR count). The summed E-state index contributed by atoms with van der Waals surface area (Å²) in [5, 5.41) is 0. The Morgan fingerprint density at radius 3 is 2.47 bits per heavy atom. The molecule has 0 radical (unpaired) electrons. The quantitative estimate of drug-likeness (QED) is 0.548. The molecule has 1 aliphatic carbocycles. The number of hydrogen-bond acceptors (Lipinski definition) is 4. The molecule has 0 amide bonds. The molecule has 0 aromatic heterocycles. The standard InChI is InChI=1S/C28H38N2O2/c1-31-18-17-29(15-5-7-23-11-13-28(32-2)14-12-23)21-24-8-6-16-30(22-24)27-19-25-9-3-4-10-26(25)20-27/h3-5,7,9-14,24,27H,6,8,15-22H2,1-2H3/b7-5+. The predicted molar refractivity (Wildman–Crippen MR) is 132 cm³/mol. The first-order valence-corrected chi connectivity index (χ1v) is 12.1. The molecular formula is C28H38N2O2. The highest BCUT2D eigenvalue weighted by atomic mass is 16.5. The molecule has 1 atom stereocenters. The van der Waals surface area contributed by atoms with Gasteiger partial charge in [-0.05, 0) is 67.0 Å². The molecule has 172 valence electrons. The molecule has 1 fully saturated rings. The summed E-state index contributed by atoms with van der Waals surface area (Å²) < 4.78 is 10.7. The van der Waals surface area contributed by atoms with Crippen molar-refractivity contribution >= 4 is 6.08 Å². The molecule has 4 heteroatoms. The van der Waals surface area contributed by atoms with Gasteiger partial charge in [0.15, 0.2) is 0 Å². The second kappa shape index (κ2) is 11.6. The van der Waals surface area contributed by atoms with E-state index < -0.39 is 0 Å². The first-order chi connectivity index (χ1) is 15.7. The van der Waals surface area contributed by atoms with E-state index in [9.17, 15) is 0 Å². The van der Waals surface area contributed by atoms with Gasteiger partial charge in [0, 0.05) is 39.3 Å². The lowest BCUT2D eigenvalue weighted by Gasteiger charge is -2.38. The number of fused-ring (bicyclic) bond motifs is 1. The minimum atomic E-state index is 0.692. The maximum Gasteiger partial charge on any atom is 0.118 e. The third kappa shape index (κ3) is 6.22. The molecule has 1 aliphatic heterocycles. The number of likely N-dealkylation sites (tertiary alicyclic amines) is 1. The number of methoxy groups -OCH3 is 2. The molecule has 2 aromatic carbocycles. The Morgan fingerprint density at radius 1 is 1.03 bits per heavy atom. The second-order valence-electron chi connectivity index (χ2n) is 9.26. The molecule has 4 nitrogen and oxygen atoms in total.